The maximum Gasteiger partial charge on any atom is 0.223 e. The molecule has 3 saturated heterocycles. The van der Waals surface area contributed by atoms with Crippen LogP contribution in [0, 0.1) is 0 Å². The lowest BCUT2D eigenvalue weighted by Crippen LogP contribution is -2.65. The molecule has 3 aliphatic rings. The number of unbranched alkanes of at least 4 members (excludes halogenated alkanes) is 1. The van der Waals surface area contributed by atoms with Gasteiger partial charge in [0.2, 0.25) is 11.8 Å². The summed E-state index contributed by atoms with van der Waals surface area (Å²) in [6.45, 7) is 3.83. The van der Waals surface area contributed by atoms with Gasteiger partial charge in [0.15, 0.2) is 0 Å². The third-order valence-electron chi connectivity index (χ3n) is 5.40. The van der Waals surface area contributed by atoms with E-state index in [-0.39, 0.29) is 30.2 Å². The first-order valence-corrected chi connectivity index (χ1v) is 12.4. The predicted octanol–water partition coefficient (Wildman–Crippen LogP) is 2.06. The average Bonchev–Trinajstić information content (AvgIpc) is 3.12. The van der Waals surface area contributed by atoms with Crippen molar-refractivity contribution in [2.45, 2.75) is 81.9 Å². The summed E-state index contributed by atoms with van der Waals surface area (Å²) >= 11 is 0. The highest BCUT2D eigenvalue weighted by Gasteiger charge is 2.30. The van der Waals surface area contributed by atoms with Crippen LogP contribution in [-0.4, -0.2) is 59.2 Å². The molecule has 3 aliphatic heterocycles. The largest absolute Gasteiger partial charge is 0.353 e. The second-order valence-corrected chi connectivity index (χ2v) is 10.5. The molecular weight excluding hydrogens is 368 g/mol. The van der Waals surface area contributed by atoms with Crippen LogP contribution < -0.4 is 16.0 Å². The predicted molar refractivity (Wildman–Crippen MR) is 109 cm³/mol. The summed E-state index contributed by atoms with van der Waals surface area (Å²) in [5.74, 6) is 1.61. The van der Waals surface area contributed by atoms with E-state index >= 15 is 0 Å². The minimum Gasteiger partial charge on any atom is -0.353 e. The van der Waals surface area contributed by atoms with E-state index in [0.717, 1.165) is 44.0 Å². The molecule has 6 nitrogen and oxygen atoms in total. The summed E-state index contributed by atoms with van der Waals surface area (Å²) in [7, 11) is 4.01. The summed E-state index contributed by atoms with van der Waals surface area (Å²) < 4.78 is 0. The van der Waals surface area contributed by atoms with Crippen molar-refractivity contribution in [3.8, 4) is 0 Å². The molecule has 0 radical (unpaired) electrons. The minimum atomic E-state index is -0.0606. The van der Waals surface area contributed by atoms with E-state index in [1.54, 1.807) is 0 Å². The lowest BCUT2D eigenvalue weighted by atomic mass is 10.0. The molecule has 2 amide bonds. The Morgan fingerprint density at radius 2 is 2.08 bits per heavy atom. The van der Waals surface area contributed by atoms with Gasteiger partial charge < -0.3 is 10.6 Å². The summed E-state index contributed by atoms with van der Waals surface area (Å²) in [5, 5.41) is 10.5. The van der Waals surface area contributed by atoms with Gasteiger partial charge >= 0.3 is 0 Å². The van der Waals surface area contributed by atoms with Gasteiger partial charge in [-0.05, 0) is 39.0 Å². The molecule has 3 rings (SSSR count). The van der Waals surface area contributed by atoms with E-state index in [0.29, 0.717) is 12.8 Å². The Labute approximate surface area is 164 Å². The van der Waals surface area contributed by atoms with Crippen molar-refractivity contribution in [3.05, 3.63) is 0 Å². The van der Waals surface area contributed by atoms with Crippen LogP contribution in [0.25, 0.3) is 0 Å². The van der Waals surface area contributed by atoms with Gasteiger partial charge in [-0.15, -0.1) is 0 Å². The number of hydrogen-bond donors (Lipinski definition) is 3. The van der Waals surface area contributed by atoms with Crippen molar-refractivity contribution < 1.29 is 9.59 Å². The molecule has 0 aromatic carbocycles. The Morgan fingerprint density at radius 3 is 2.77 bits per heavy atom. The van der Waals surface area contributed by atoms with Crippen molar-refractivity contribution in [2.24, 2.45) is 0 Å². The maximum atomic E-state index is 12.2. The SMILES string of the molecule is CC1CC(=O)NC(N2CCC(NC(=O)CCCCC3CCSS3)CC2)N1. The van der Waals surface area contributed by atoms with Gasteiger partial charge in [-0.25, -0.2) is 0 Å². The van der Waals surface area contributed by atoms with Crippen LogP contribution in [0.15, 0.2) is 0 Å². The van der Waals surface area contributed by atoms with Crippen LogP contribution in [0.5, 0.6) is 0 Å². The Balaban J connectivity index is 1.28. The van der Waals surface area contributed by atoms with Crippen molar-refractivity contribution >= 4 is 33.4 Å². The molecule has 3 fully saturated rings. The molecule has 0 aliphatic carbocycles. The molecule has 3 N–H and O–H groups in total. The van der Waals surface area contributed by atoms with Crippen LogP contribution in [0.2, 0.25) is 0 Å². The zero-order chi connectivity index (χ0) is 18.4. The third kappa shape index (κ3) is 6.32. The second-order valence-electron chi connectivity index (χ2n) is 7.69. The molecule has 0 aromatic heterocycles. The van der Waals surface area contributed by atoms with E-state index in [9.17, 15) is 9.59 Å². The lowest BCUT2D eigenvalue weighted by Gasteiger charge is -2.41. The number of piperidine rings is 1. The van der Waals surface area contributed by atoms with E-state index < -0.39 is 0 Å². The van der Waals surface area contributed by atoms with Crippen molar-refractivity contribution in [1.29, 1.82) is 0 Å². The maximum absolute atomic E-state index is 12.2. The number of amides is 2. The quantitative estimate of drug-likeness (QED) is 0.449. The number of carbonyl (C=O) groups is 2. The van der Waals surface area contributed by atoms with Gasteiger partial charge in [0, 0.05) is 49.0 Å². The number of nitrogens with zero attached hydrogens (tertiary/aromatic N) is 1. The Kier molecular flexibility index (Phi) is 7.96. The zero-order valence-electron chi connectivity index (χ0n) is 15.7. The second kappa shape index (κ2) is 10.2. The molecule has 26 heavy (non-hydrogen) atoms. The smallest absolute Gasteiger partial charge is 0.223 e. The fraction of sp³-hybridized carbons (Fsp3) is 0.889. The Bertz CT molecular complexity index is 480. The van der Waals surface area contributed by atoms with E-state index in [2.05, 4.69) is 20.9 Å². The fourth-order valence-electron chi connectivity index (χ4n) is 3.88. The molecule has 3 unspecified atom stereocenters. The molecule has 0 bridgehead atoms. The topological polar surface area (TPSA) is 73.5 Å². The van der Waals surface area contributed by atoms with E-state index in [4.69, 9.17) is 0 Å². The number of hydrogen-bond acceptors (Lipinski definition) is 6. The standard InChI is InChI=1S/C18H32N4O2S2/c1-13-12-17(24)21-18(19-13)22-9-6-14(7-10-22)20-16(23)5-3-2-4-15-8-11-25-26-15/h13-15,18-19H,2-12H2,1H3,(H,20,23)(H,21,24). The van der Waals surface area contributed by atoms with Gasteiger partial charge in [-0.1, -0.05) is 28.0 Å². The lowest BCUT2D eigenvalue weighted by molar-refractivity contribution is -0.127. The minimum absolute atomic E-state index is 0.0606. The zero-order valence-corrected chi connectivity index (χ0v) is 17.3. The van der Waals surface area contributed by atoms with Gasteiger partial charge in [0.1, 0.15) is 6.29 Å². The summed E-state index contributed by atoms with van der Waals surface area (Å²) in [5.41, 5.74) is 0. The van der Waals surface area contributed by atoms with Gasteiger partial charge in [0.05, 0.1) is 0 Å². The highest BCUT2D eigenvalue weighted by atomic mass is 33.1. The fourth-order valence-corrected chi connectivity index (χ4v) is 6.91. The van der Waals surface area contributed by atoms with Crippen LogP contribution in [0.4, 0.5) is 0 Å². The van der Waals surface area contributed by atoms with Gasteiger partial charge in [-0.3, -0.25) is 19.8 Å². The number of likely N-dealkylation sites (tertiary alicyclic amines) is 1. The Morgan fingerprint density at radius 1 is 1.27 bits per heavy atom. The molecule has 8 heteroatoms. The first-order chi connectivity index (χ1) is 12.6. The van der Waals surface area contributed by atoms with Crippen molar-refractivity contribution in [1.82, 2.24) is 20.9 Å². The monoisotopic (exact) mass is 400 g/mol. The molecule has 0 spiro atoms. The summed E-state index contributed by atoms with van der Waals surface area (Å²) in [6, 6.07) is 0.490. The van der Waals surface area contributed by atoms with Gasteiger partial charge in [0.25, 0.3) is 0 Å². The average molecular weight is 401 g/mol. The highest BCUT2D eigenvalue weighted by Crippen LogP contribution is 2.39. The molecule has 0 saturated carbocycles. The summed E-state index contributed by atoms with van der Waals surface area (Å²) in [4.78, 5) is 26.2. The Hall–Kier alpha value is -0.440. The van der Waals surface area contributed by atoms with Crippen molar-refractivity contribution in [2.75, 3.05) is 18.8 Å². The normalized spacial score (nSPS) is 31.0. The van der Waals surface area contributed by atoms with Gasteiger partial charge in [-0.2, -0.15) is 0 Å². The molecule has 0 aromatic rings. The molecule has 148 valence electrons. The van der Waals surface area contributed by atoms with Crippen LogP contribution in [0.1, 0.15) is 58.3 Å². The van der Waals surface area contributed by atoms with E-state index in [1.165, 1.54) is 18.6 Å². The highest BCUT2D eigenvalue weighted by molar-refractivity contribution is 8.77. The molecular formula is C18H32N4O2S2. The van der Waals surface area contributed by atoms with E-state index in [1.807, 2.05) is 28.5 Å². The van der Waals surface area contributed by atoms with Crippen LogP contribution in [0.3, 0.4) is 0 Å². The number of rotatable bonds is 7. The summed E-state index contributed by atoms with van der Waals surface area (Å²) in [6.07, 6.45) is 7.78. The first kappa shape index (κ1) is 20.3. The van der Waals surface area contributed by atoms with Crippen molar-refractivity contribution in [3.63, 3.8) is 0 Å². The number of nitrogens with one attached hydrogen (secondary N) is 3. The number of carbonyl (C=O) groups excluding carboxylic acids is 2. The third-order valence-corrected chi connectivity index (χ3v) is 8.41. The molecule has 3 atom stereocenters. The van der Waals surface area contributed by atoms with Crippen LogP contribution >= 0.6 is 21.6 Å². The van der Waals surface area contributed by atoms with Crippen LogP contribution in [-0.2, 0) is 9.59 Å². The first-order valence-electron chi connectivity index (χ1n) is 9.97. The molecule has 3 heterocycles.